The molecule has 0 heterocycles. The molecule has 0 aromatic heterocycles. The van der Waals surface area contributed by atoms with Gasteiger partial charge in [-0.25, -0.2) is 4.79 Å². The Morgan fingerprint density at radius 3 is 2.14 bits per heavy atom. The van der Waals surface area contributed by atoms with E-state index in [9.17, 15) is 18.0 Å². The Kier molecular flexibility index (Phi) is 6.91. The van der Waals surface area contributed by atoms with Gasteiger partial charge in [0, 0.05) is 12.7 Å². The molecule has 1 amide bonds. The van der Waals surface area contributed by atoms with Crippen LogP contribution in [0.5, 0.6) is 5.75 Å². The molecule has 0 aliphatic carbocycles. The van der Waals surface area contributed by atoms with Crippen LogP contribution >= 0.6 is 0 Å². The number of anilines is 1. The highest BCUT2D eigenvalue weighted by Crippen LogP contribution is 2.23. The minimum Gasteiger partial charge on any atom is -0.423 e. The highest BCUT2D eigenvalue weighted by atomic mass is 32.2. The summed E-state index contributed by atoms with van der Waals surface area (Å²) in [5.41, 5.74) is 6.32. The second-order valence-electron chi connectivity index (χ2n) is 5.87. The highest BCUT2D eigenvalue weighted by Gasteiger charge is 2.25. The molecule has 2 aromatic rings. The van der Waals surface area contributed by atoms with E-state index < -0.39 is 28.1 Å². The molecule has 0 fully saturated rings. The fourth-order valence-corrected chi connectivity index (χ4v) is 2.83. The highest BCUT2D eigenvalue weighted by molar-refractivity contribution is 7.86. The number of hydrogen-bond acceptors (Lipinski definition) is 7. The van der Waals surface area contributed by atoms with E-state index in [0.29, 0.717) is 5.69 Å². The molecular formula is C18H20N4O6S. The van der Waals surface area contributed by atoms with Crippen LogP contribution in [0.2, 0.25) is 0 Å². The third-order valence-corrected chi connectivity index (χ3v) is 4.09. The summed E-state index contributed by atoms with van der Waals surface area (Å²) in [6.07, 6.45) is -0.517. The summed E-state index contributed by atoms with van der Waals surface area (Å²) >= 11 is 0. The number of carbonyl (C=O) groups excluding carboxylic acids is 2. The van der Waals surface area contributed by atoms with Crippen LogP contribution in [-0.4, -0.2) is 39.6 Å². The van der Waals surface area contributed by atoms with Gasteiger partial charge in [-0.1, -0.05) is 12.1 Å². The standard InChI is InChI=1S/C18H20N4O6S/c1-21-16(23)15(28-29(2,25)26)11-5-9-14(10-6-11)27-17(24)12-3-7-13(8-4-12)22-18(19)20/h3-10,15H,1-2H3,(H,21,23)(H4,19,20,22). The molecule has 1 atom stereocenters. The monoisotopic (exact) mass is 420 g/mol. The summed E-state index contributed by atoms with van der Waals surface area (Å²) in [6.45, 7) is 0. The van der Waals surface area contributed by atoms with Crippen LogP contribution in [0, 0.1) is 5.41 Å². The van der Waals surface area contributed by atoms with Crippen molar-refractivity contribution in [2.24, 2.45) is 5.73 Å². The lowest BCUT2D eigenvalue weighted by molar-refractivity contribution is -0.127. The molecule has 0 radical (unpaired) electrons. The molecule has 0 aliphatic heterocycles. The van der Waals surface area contributed by atoms with Gasteiger partial charge in [0.15, 0.2) is 12.1 Å². The molecular weight excluding hydrogens is 400 g/mol. The van der Waals surface area contributed by atoms with Crippen molar-refractivity contribution < 1.29 is 26.9 Å². The Morgan fingerprint density at radius 2 is 1.66 bits per heavy atom. The van der Waals surface area contributed by atoms with Gasteiger partial charge in [-0.05, 0) is 42.0 Å². The number of hydrogen-bond donors (Lipinski definition) is 4. The summed E-state index contributed by atoms with van der Waals surface area (Å²) in [7, 11) is -2.52. The number of carbonyl (C=O) groups is 2. The van der Waals surface area contributed by atoms with E-state index in [1.807, 2.05) is 0 Å². The topological polar surface area (TPSA) is 161 Å². The number of likely N-dealkylation sites (N-methyl/N-ethyl adjacent to an activating group) is 1. The Bertz CT molecular complexity index is 1000. The summed E-state index contributed by atoms with van der Waals surface area (Å²) in [4.78, 5) is 24.2. The van der Waals surface area contributed by atoms with Crippen LogP contribution in [0.4, 0.5) is 5.69 Å². The van der Waals surface area contributed by atoms with E-state index in [1.54, 1.807) is 12.1 Å². The molecule has 1 unspecified atom stereocenters. The SMILES string of the molecule is CNC(=O)C(OS(C)(=O)=O)c1ccc(OC(=O)c2ccc(NC(=N)N)cc2)cc1. The molecule has 2 aromatic carbocycles. The lowest BCUT2D eigenvalue weighted by atomic mass is 10.1. The first-order chi connectivity index (χ1) is 13.6. The molecule has 154 valence electrons. The molecule has 10 nitrogen and oxygen atoms in total. The average Bonchev–Trinajstić information content (AvgIpc) is 2.65. The van der Waals surface area contributed by atoms with Crippen LogP contribution in [0.1, 0.15) is 22.0 Å². The normalized spacial score (nSPS) is 11.9. The molecule has 0 spiro atoms. The zero-order chi connectivity index (χ0) is 21.6. The maximum atomic E-state index is 12.2. The number of amides is 1. The first-order valence-corrected chi connectivity index (χ1v) is 10.0. The molecule has 0 saturated carbocycles. The molecule has 2 rings (SSSR count). The van der Waals surface area contributed by atoms with E-state index in [-0.39, 0.29) is 22.8 Å². The summed E-state index contributed by atoms with van der Waals surface area (Å²) < 4.78 is 32.9. The zero-order valence-corrected chi connectivity index (χ0v) is 16.4. The van der Waals surface area contributed by atoms with Crippen molar-refractivity contribution >= 4 is 33.6 Å². The number of nitrogens with two attached hydrogens (primary N) is 1. The van der Waals surface area contributed by atoms with Gasteiger partial charge in [-0.15, -0.1) is 0 Å². The van der Waals surface area contributed by atoms with Gasteiger partial charge in [-0.3, -0.25) is 14.4 Å². The molecule has 0 aliphatic rings. The fourth-order valence-electron chi connectivity index (χ4n) is 2.28. The van der Waals surface area contributed by atoms with Crippen molar-refractivity contribution in [1.82, 2.24) is 5.32 Å². The Morgan fingerprint density at radius 1 is 1.07 bits per heavy atom. The van der Waals surface area contributed by atoms with Crippen LogP contribution in [0.25, 0.3) is 0 Å². The zero-order valence-electron chi connectivity index (χ0n) is 15.6. The fraction of sp³-hybridized carbons (Fsp3) is 0.167. The molecule has 29 heavy (non-hydrogen) atoms. The molecule has 0 saturated heterocycles. The van der Waals surface area contributed by atoms with E-state index in [4.69, 9.17) is 20.1 Å². The van der Waals surface area contributed by atoms with Crippen molar-refractivity contribution in [3.63, 3.8) is 0 Å². The van der Waals surface area contributed by atoms with E-state index in [2.05, 4.69) is 10.6 Å². The number of rotatable bonds is 7. The predicted octanol–water partition coefficient (Wildman–Crippen LogP) is 0.974. The van der Waals surface area contributed by atoms with Gasteiger partial charge in [0.1, 0.15) is 5.75 Å². The second kappa shape index (κ2) is 9.17. The minimum absolute atomic E-state index is 0.194. The number of ether oxygens (including phenoxy) is 1. The number of esters is 1. The Balaban J connectivity index is 2.11. The van der Waals surface area contributed by atoms with E-state index >= 15 is 0 Å². The largest absolute Gasteiger partial charge is 0.423 e. The maximum absolute atomic E-state index is 12.2. The summed E-state index contributed by atoms with van der Waals surface area (Å²) in [5, 5.41) is 12.1. The van der Waals surface area contributed by atoms with Gasteiger partial charge in [-0.2, -0.15) is 8.42 Å². The van der Waals surface area contributed by atoms with Gasteiger partial charge in [0.25, 0.3) is 16.0 Å². The first kappa shape index (κ1) is 21.9. The van der Waals surface area contributed by atoms with E-state index in [0.717, 1.165) is 6.26 Å². The third kappa shape index (κ3) is 6.59. The summed E-state index contributed by atoms with van der Waals surface area (Å²) in [5.74, 6) is -1.29. The molecule has 0 bridgehead atoms. The third-order valence-electron chi connectivity index (χ3n) is 3.55. The molecule has 5 N–H and O–H groups in total. The van der Waals surface area contributed by atoms with E-state index in [1.165, 1.54) is 43.4 Å². The molecule has 11 heteroatoms. The van der Waals surface area contributed by atoms with Crippen LogP contribution in [0.15, 0.2) is 48.5 Å². The predicted molar refractivity (Wildman–Crippen MR) is 106 cm³/mol. The van der Waals surface area contributed by atoms with Crippen molar-refractivity contribution in [2.45, 2.75) is 6.10 Å². The van der Waals surface area contributed by atoms with Crippen molar-refractivity contribution in [2.75, 3.05) is 18.6 Å². The minimum atomic E-state index is -3.88. The van der Waals surface area contributed by atoms with Gasteiger partial charge in [0.05, 0.1) is 11.8 Å². The Labute approximate surface area is 167 Å². The van der Waals surface area contributed by atoms with Crippen LogP contribution in [0.3, 0.4) is 0 Å². The van der Waals surface area contributed by atoms with Crippen LogP contribution < -0.4 is 21.1 Å². The lowest BCUT2D eigenvalue weighted by Crippen LogP contribution is -2.29. The number of nitrogens with one attached hydrogen (secondary N) is 3. The van der Waals surface area contributed by atoms with Crippen molar-refractivity contribution in [3.05, 3.63) is 59.7 Å². The lowest BCUT2D eigenvalue weighted by Gasteiger charge is -2.15. The van der Waals surface area contributed by atoms with Crippen molar-refractivity contribution in [3.8, 4) is 5.75 Å². The average molecular weight is 420 g/mol. The number of guanidine groups is 1. The smallest absolute Gasteiger partial charge is 0.343 e. The van der Waals surface area contributed by atoms with Crippen molar-refractivity contribution in [1.29, 1.82) is 5.41 Å². The Hall–Kier alpha value is -3.44. The quantitative estimate of drug-likeness (QED) is 0.169. The van der Waals surface area contributed by atoms with Gasteiger partial charge < -0.3 is 21.1 Å². The van der Waals surface area contributed by atoms with Gasteiger partial charge >= 0.3 is 5.97 Å². The van der Waals surface area contributed by atoms with Gasteiger partial charge in [0.2, 0.25) is 0 Å². The first-order valence-electron chi connectivity index (χ1n) is 8.22. The maximum Gasteiger partial charge on any atom is 0.343 e. The second-order valence-corrected chi connectivity index (χ2v) is 7.47. The van der Waals surface area contributed by atoms with Crippen LogP contribution in [-0.2, 0) is 19.1 Å². The summed E-state index contributed by atoms with van der Waals surface area (Å²) in [6, 6.07) is 11.8. The number of benzene rings is 2.